The van der Waals surface area contributed by atoms with E-state index in [9.17, 15) is 35.1 Å². The van der Waals surface area contributed by atoms with E-state index in [0.717, 1.165) is 0 Å². The van der Waals surface area contributed by atoms with Crippen LogP contribution in [0.2, 0.25) is 0 Å². The summed E-state index contributed by atoms with van der Waals surface area (Å²) in [4.78, 5) is 0. The van der Waals surface area contributed by atoms with E-state index in [0.29, 0.717) is 0 Å². The van der Waals surface area contributed by atoms with Crippen molar-refractivity contribution < 1.29 is 35.1 Å². The fourth-order valence-electron chi connectivity index (χ4n) is 0.424. The zero-order valence-electron chi connectivity index (χ0n) is 5.62. The first-order valence-electron chi connectivity index (χ1n) is 2.53. The topological polar surface area (TPSA) is 80.3 Å². The Hall–Kier alpha value is -0.0600. The molecule has 0 aliphatic carbocycles. The molecule has 13 heavy (non-hydrogen) atoms. The van der Waals surface area contributed by atoms with Gasteiger partial charge in [-0.15, -0.1) is 0 Å². The van der Waals surface area contributed by atoms with Crippen LogP contribution in [0.15, 0.2) is 0 Å². The summed E-state index contributed by atoms with van der Waals surface area (Å²) in [5, 5.41) is 0. The molecule has 10 heteroatoms. The number of hydrogen-bond donors (Lipinski definition) is 0. The first-order chi connectivity index (χ1) is 5.71. The van der Waals surface area contributed by atoms with Crippen molar-refractivity contribution in [2.45, 2.75) is 16.9 Å². The standard InChI is InChI=1S/C3H4F4O4S2/c4-1(5)3(6,7)2(12(8)9)13(10)11/h1-2H,(H,8,9)(H,10,11)/p-2. The Balaban J connectivity index is 4.95. The number of halogens is 4. The molecule has 0 saturated carbocycles. The van der Waals surface area contributed by atoms with Crippen LogP contribution in [0.1, 0.15) is 0 Å². The largest absolute Gasteiger partial charge is 0.771 e. The van der Waals surface area contributed by atoms with Crippen molar-refractivity contribution in [3.05, 3.63) is 0 Å². The van der Waals surface area contributed by atoms with Gasteiger partial charge in [0.15, 0.2) is 4.58 Å². The first-order valence-corrected chi connectivity index (χ1v) is 4.81. The minimum Gasteiger partial charge on any atom is -0.771 e. The van der Waals surface area contributed by atoms with Crippen molar-refractivity contribution in [1.82, 2.24) is 0 Å². The Morgan fingerprint density at radius 2 is 1.38 bits per heavy atom. The monoisotopic (exact) mass is 242 g/mol. The fraction of sp³-hybridized carbons (Fsp3) is 1.00. The van der Waals surface area contributed by atoms with Gasteiger partial charge in [0, 0.05) is 0 Å². The van der Waals surface area contributed by atoms with E-state index in [2.05, 4.69) is 0 Å². The molecule has 2 unspecified atom stereocenters. The van der Waals surface area contributed by atoms with Gasteiger partial charge in [0.1, 0.15) is 0 Å². The summed E-state index contributed by atoms with van der Waals surface area (Å²) in [7, 11) is 0. The molecule has 0 fully saturated rings. The zero-order valence-corrected chi connectivity index (χ0v) is 7.25. The highest BCUT2D eigenvalue weighted by molar-refractivity contribution is 7.97. The predicted octanol–water partition coefficient (Wildman–Crippen LogP) is -0.0289. The summed E-state index contributed by atoms with van der Waals surface area (Å²) in [6.07, 6.45) is -4.35. The molecule has 0 N–H and O–H groups in total. The van der Waals surface area contributed by atoms with E-state index in [1.54, 1.807) is 0 Å². The Bertz CT molecular complexity index is 217. The second-order valence-corrected chi connectivity index (χ2v) is 4.11. The number of alkyl halides is 4. The van der Waals surface area contributed by atoms with E-state index in [-0.39, 0.29) is 0 Å². The third-order valence-electron chi connectivity index (χ3n) is 0.955. The molecule has 0 aliphatic rings. The maximum Gasteiger partial charge on any atom is 0.330 e. The normalized spacial score (nSPS) is 19.9. The maximum absolute atomic E-state index is 12.2. The summed E-state index contributed by atoms with van der Waals surface area (Å²) in [6.45, 7) is 0. The molecule has 0 radical (unpaired) electrons. The molecule has 0 aromatic rings. The van der Waals surface area contributed by atoms with Gasteiger partial charge in [-0.25, -0.2) is 8.78 Å². The van der Waals surface area contributed by atoms with Crippen molar-refractivity contribution in [2.75, 3.05) is 0 Å². The van der Waals surface area contributed by atoms with Crippen LogP contribution in [-0.4, -0.2) is 34.5 Å². The summed E-state index contributed by atoms with van der Waals surface area (Å²) >= 11 is -7.63. The smallest absolute Gasteiger partial charge is 0.330 e. The van der Waals surface area contributed by atoms with Crippen LogP contribution in [-0.2, 0) is 22.2 Å². The van der Waals surface area contributed by atoms with E-state index in [1.807, 2.05) is 0 Å². The predicted molar refractivity (Wildman–Crippen MR) is 32.6 cm³/mol. The highest BCUT2D eigenvalue weighted by Crippen LogP contribution is 2.30. The van der Waals surface area contributed by atoms with Crippen molar-refractivity contribution in [3.8, 4) is 0 Å². The molecular formula is C3H2F4O4S2-2. The van der Waals surface area contributed by atoms with Gasteiger partial charge >= 0.3 is 12.3 Å². The summed E-state index contributed by atoms with van der Waals surface area (Å²) in [5.74, 6) is -5.10. The van der Waals surface area contributed by atoms with Gasteiger partial charge in [0.2, 0.25) is 0 Å². The van der Waals surface area contributed by atoms with Crippen LogP contribution >= 0.6 is 0 Å². The van der Waals surface area contributed by atoms with Crippen molar-refractivity contribution in [3.63, 3.8) is 0 Å². The Kier molecular flexibility index (Phi) is 4.42. The van der Waals surface area contributed by atoms with Gasteiger partial charge in [-0.05, 0) is 22.2 Å². The van der Waals surface area contributed by atoms with Crippen LogP contribution in [0.5, 0.6) is 0 Å². The van der Waals surface area contributed by atoms with E-state index >= 15 is 0 Å². The summed E-state index contributed by atoms with van der Waals surface area (Å²) in [6, 6.07) is 0. The Morgan fingerprint density at radius 3 is 1.46 bits per heavy atom. The first kappa shape index (κ1) is 12.9. The average molecular weight is 242 g/mol. The van der Waals surface area contributed by atoms with Gasteiger partial charge in [-0.3, -0.25) is 8.42 Å². The minimum absolute atomic E-state index is 3.42. The number of hydrogen-bond acceptors (Lipinski definition) is 4. The third-order valence-corrected chi connectivity index (χ3v) is 3.23. The van der Waals surface area contributed by atoms with E-state index < -0.39 is 39.1 Å². The lowest BCUT2D eigenvalue weighted by Crippen LogP contribution is -2.45. The number of rotatable bonds is 4. The summed E-state index contributed by atoms with van der Waals surface area (Å²) in [5.41, 5.74) is 0. The Labute approximate surface area is 74.9 Å². The lowest BCUT2D eigenvalue weighted by Gasteiger charge is -2.29. The quantitative estimate of drug-likeness (QED) is 0.512. The summed E-state index contributed by atoms with van der Waals surface area (Å²) < 4.78 is 83.4. The highest BCUT2D eigenvalue weighted by Gasteiger charge is 2.50. The SMILES string of the molecule is O=S([O-])C(S(=O)[O-])C(F)(F)C(F)F. The molecule has 4 nitrogen and oxygen atoms in total. The Morgan fingerprint density at radius 1 is 1.08 bits per heavy atom. The van der Waals surface area contributed by atoms with E-state index in [1.165, 1.54) is 0 Å². The zero-order chi connectivity index (χ0) is 10.8. The van der Waals surface area contributed by atoms with Crippen molar-refractivity contribution in [1.29, 1.82) is 0 Å². The average Bonchev–Trinajstić information content (AvgIpc) is 1.82. The molecule has 0 heterocycles. The van der Waals surface area contributed by atoms with Gasteiger partial charge < -0.3 is 9.11 Å². The minimum atomic E-state index is -5.10. The van der Waals surface area contributed by atoms with E-state index in [4.69, 9.17) is 0 Å². The molecule has 0 spiro atoms. The van der Waals surface area contributed by atoms with Gasteiger partial charge in [-0.1, -0.05) is 0 Å². The lowest BCUT2D eigenvalue weighted by molar-refractivity contribution is -0.118. The molecule has 0 amide bonds. The second-order valence-electron chi connectivity index (χ2n) is 1.83. The molecule has 0 rings (SSSR count). The van der Waals surface area contributed by atoms with Gasteiger partial charge in [0.25, 0.3) is 0 Å². The molecule has 0 aromatic heterocycles. The molecular weight excluding hydrogens is 240 g/mol. The van der Waals surface area contributed by atoms with Crippen LogP contribution in [0.25, 0.3) is 0 Å². The molecule has 80 valence electrons. The van der Waals surface area contributed by atoms with Crippen LogP contribution in [0.3, 0.4) is 0 Å². The van der Waals surface area contributed by atoms with Crippen LogP contribution < -0.4 is 0 Å². The highest BCUT2D eigenvalue weighted by atomic mass is 32.3. The van der Waals surface area contributed by atoms with Crippen molar-refractivity contribution in [2.24, 2.45) is 0 Å². The lowest BCUT2D eigenvalue weighted by atomic mass is 10.4. The fourth-order valence-corrected chi connectivity index (χ4v) is 1.66. The second kappa shape index (κ2) is 4.44. The van der Waals surface area contributed by atoms with Crippen molar-refractivity contribution >= 4 is 22.2 Å². The molecule has 0 saturated heterocycles. The van der Waals surface area contributed by atoms with Crippen LogP contribution in [0.4, 0.5) is 17.6 Å². The molecule has 0 bridgehead atoms. The third kappa shape index (κ3) is 2.97. The van der Waals surface area contributed by atoms with Crippen LogP contribution in [0, 0.1) is 0 Å². The molecule has 2 atom stereocenters. The van der Waals surface area contributed by atoms with Gasteiger partial charge in [-0.2, -0.15) is 8.78 Å². The maximum atomic E-state index is 12.2. The molecule has 0 aromatic carbocycles. The molecule has 0 aliphatic heterocycles. The van der Waals surface area contributed by atoms with Gasteiger partial charge in [0.05, 0.1) is 0 Å².